The van der Waals surface area contributed by atoms with Crippen LogP contribution in [0.1, 0.15) is 40.0 Å². The summed E-state index contributed by atoms with van der Waals surface area (Å²) in [6.45, 7) is 7.91. The minimum absolute atomic E-state index is 0.533. The lowest BCUT2D eigenvalue weighted by molar-refractivity contribution is 0.0725. The van der Waals surface area contributed by atoms with E-state index in [4.69, 9.17) is 5.73 Å². The lowest BCUT2D eigenvalue weighted by Crippen LogP contribution is -2.34. The minimum Gasteiger partial charge on any atom is -0.330 e. The van der Waals surface area contributed by atoms with E-state index in [1.54, 1.807) is 0 Å². The van der Waals surface area contributed by atoms with Gasteiger partial charge in [-0.25, -0.2) is 0 Å². The molecule has 1 heteroatoms. The molecule has 1 rings (SSSR count). The summed E-state index contributed by atoms with van der Waals surface area (Å²) in [6.07, 6.45) is 4.08. The van der Waals surface area contributed by atoms with Crippen LogP contribution in [-0.2, 0) is 0 Å². The molecule has 0 aromatic carbocycles. The van der Waals surface area contributed by atoms with Gasteiger partial charge in [0.1, 0.15) is 0 Å². The standard InChI is InChI=1S/C10H21N/c1-10(2,3)9-6-8(7-9)4-5-11/h8-9H,4-7,11H2,1-3H3. The van der Waals surface area contributed by atoms with Gasteiger partial charge in [0.2, 0.25) is 0 Å². The van der Waals surface area contributed by atoms with E-state index in [-0.39, 0.29) is 0 Å². The van der Waals surface area contributed by atoms with Crippen molar-refractivity contribution in [2.24, 2.45) is 23.0 Å². The largest absolute Gasteiger partial charge is 0.330 e. The highest BCUT2D eigenvalue weighted by Gasteiger charge is 2.36. The highest BCUT2D eigenvalue weighted by atomic mass is 14.5. The Kier molecular flexibility index (Phi) is 2.58. The van der Waals surface area contributed by atoms with E-state index in [0.717, 1.165) is 18.4 Å². The summed E-state index contributed by atoms with van der Waals surface area (Å²) in [6, 6.07) is 0. The van der Waals surface area contributed by atoms with Crippen molar-refractivity contribution in [3.8, 4) is 0 Å². The van der Waals surface area contributed by atoms with Gasteiger partial charge < -0.3 is 5.73 Å². The zero-order valence-corrected chi connectivity index (χ0v) is 8.06. The van der Waals surface area contributed by atoms with Gasteiger partial charge in [-0.15, -0.1) is 0 Å². The molecule has 1 aliphatic carbocycles. The summed E-state index contributed by atoms with van der Waals surface area (Å²) in [5.41, 5.74) is 6.03. The van der Waals surface area contributed by atoms with Crippen LogP contribution in [0.25, 0.3) is 0 Å². The first-order valence-corrected chi connectivity index (χ1v) is 4.74. The molecule has 11 heavy (non-hydrogen) atoms. The molecule has 0 aliphatic heterocycles. The maximum atomic E-state index is 5.49. The third-order valence-corrected chi connectivity index (χ3v) is 3.04. The second kappa shape index (κ2) is 3.14. The van der Waals surface area contributed by atoms with Crippen molar-refractivity contribution in [3.63, 3.8) is 0 Å². The van der Waals surface area contributed by atoms with Crippen LogP contribution in [0.2, 0.25) is 0 Å². The van der Waals surface area contributed by atoms with Crippen molar-refractivity contribution in [3.05, 3.63) is 0 Å². The molecule has 0 aromatic rings. The summed E-state index contributed by atoms with van der Waals surface area (Å²) in [5, 5.41) is 0. The van der Waals surface area contributed by atoms with Crippen molar-refractivity contribution in [1.29, 1.82) is 0 Å². The fraction of sp³-hybridized carbons (Fsp3) is 1.00. The van der Waals surface area contributed by atoms with Gasteiger partial charge >= 0.3 is 0 Å². The van der Waals surface area contributed by atoms with E-state index < -0.39 is 0 Å². The first-order valence-electron chi connectivity index (χ1n) is 4.74. The molecule has 0 saturated heterocycles. The van der Waals surface area contributed by atoms with Crippen molar-refractivity contribution in [1.82, 2.24) is 0 Å². The zero-order valence-electron chi connectivity index (χ0n) is 8.06. The molecule has 0 aromatic heterocycles. The van der Waals surface area contributed by atoms with Crippen LogP contribution in [0.15, 0.2) is 0 Å². The van der Waals surface area contributed by atoms with Crippen LogP contribution in [0.4, 0.5) is 0 Å². The average Bonchev–Trinajstić information content (AvgIpc) is 1.74. The van der Waals surface area contributed by atoms with Crippen molar-refractivity contribution in [2.75, 3.05) is 6.54 Å². The predicted molar refractivity (Wildman–Crippen MR) is 49.3 cm³/mol. The fourth-order valence-corrected chi connectivity index (χ4v) is 1.91. The summed E-state index contributed by atoms with van der Waals surface area (Å²) in [5.74, 6) is 1.91. The van der Waals surface area contributed by atoms with E-state index in [2.05, 4.69) is 20.8 Å². The first kappa shape index (κ1) is 9.05. The second-order valence-corrected chi connectivity index (χ2v) is 4.98. The molecule has 1 saturated carbocycles. The van der Waals surface area contributed by atoms with E-state index >= 15 is 0 Å². The van der Waals surface area contributed by atoms with E-state index in [1.807, 2.05) is 0 Å². The van der Waals surface area contributed by atoms with Gasteiger partial charge in [0.15, 0.2) is 0 Å². The third-order valence-electron chi connectivity index (χ3n) is 3.04. The molecule has 0 bridgehead atoms. The Labute approximate surface area is 70.4 Å². The van der Waals surface area contributed by atoms with Crippen molar-refractivity contribution >= 4 is 0 Å². The lowest BCUT2D eigenvalue weighted by atomic mass is 9.62. The lowest BCUT2D eigenvalue weighted by Gasteiger charge is -2.43. The van der Waals surface area contributed by atoms with Gasteiger partial charge in [0, 0.05) is 0 Å². The van der Waals surface area contributed by atoms with Gasteiger partial charge in [-0.3, -0.25) is 0 Å². The molecule has 0 atom stereocenters. The maximum absolute atomic E-state index is 5.49. The first-order chi connectivity index (χ1) is 5.04. The van der Waals surface area contributed by atoms with Crippen LogP contribution in [-0.4, -0.2) is 6.54 Å². The summed E-state index contributed by atoms with van der Waals surface area (Å²) < 4.78 is 0. The minimum atomic E-state index is 0.533. The van der Waals surface area contributed by atoms with Crippen LogP contribution >= 0.6 is 0 Å². The Morgan fingerprint density at radius 3 is 2.18 bits per heavy atom. The van der Waals surface area contributed by atoms with Gasteiger partial charge in [0.25, 0.3) is 0 Å². The maximum Gasteiger partial charge on any atom is -0.00746 e. The van der Waals surface area contributed by atoms with Gasteiger partial charge in [-0.05, 0) is 43.1 Å². The number of hydrogen-bond donors (Lipinski definition) is 1. The third kappa shape index (κ3) is 2.19. The highest BCUT2D eigenvalue weighted by molar-refractivity contribution is 4.86. The SMILES string of the molecule is CC(C)(C)C1CC(CCN)C1. The Balaban J connectivity index is 2.19. The molecular weight excluding hydrogens is 134 g/mol. The molecule has 1 nitrogen and oxygen atoms in total. The molecule has 1 aliphatic rings. The van der Waals surface area contributed by atoms with E-state index in [1.165, 1.54) is 19.3 Å². The Morgan fingerprint density at radius 2 is 1.82 bits per heavy atom. The van der Waals surface area contributed by atoms with Crippen molar-refractivity contribution in [2.45, 2.75) is 40.0 Å². The van der Waals surface area contributed by atoms with Gasteiger partial charge in [-0.1, -0.05) is 20.8 Å². The summed E-state index contributed by atoms with van der Waals surface area (Å²) >= 11 is 0. The zero-order chi connectivity index (χ0) is 8.48. The van der Waals surface area contributed by atoms with Gasteiger partial charge in [0.05, 0.1) is 0 Å². The molecule has 0 unspecified atom stereocenters. The average molecular weight is 155 g/mol. The summed E-state index contributed by atoms with van der Waals surface area (Å²) in [4.78, 5) is 0. The molecule has 2 N–H and O–H groups in total. The van der Waals surface area contributed by atoms with E-state index in [9.17, 15) is 0 Å². The second-order valence-electron chi connectivity index (χ2n) is 4.98. The highest BCUT2D eigenvalue weighted by Crippen LogP contribution is 2.46. The van der Waals surface area contributed by atoms with E-state index in [0.29, 0.717) is 5.41 Å². The summed E-state index contributed by atoms with van der Waals surface area (Å²) in [7, 11) is 0. The molecule has 1 fully saturated rings. The Morgan fingerprint density at radius 1 is 1.27 bits per heavy atom. The molecular formula is C10H21N. The van der Waals surface area contributed by atoms with Crippen LogP contribution in [0, 0.1) is 17.3 Å². The van der Waals surface area contributed by atoms with Gasteiger partial charge in [-0.2, -0.15) is 0 Å². The smallest absolute Gasteiger partial charge is 0.00746 e. The molecule has 0 radical (unpaired) electrons. The number of hydrogen-bond acceptors (Lipinski definition) is 1. The molecule has 0 amide bonds. The molecule has 0 heterocycles. The van der Waals surface area contributed by atoms with Crippen LogP contribution in [0.5, 0.6) is 0 Å². The van der Waals surface area contributed by atoms with Crippen LogP contribution < -0.4 is 5.73 Å². The fourth-order valence-electron chi connectivity index (χ4n) is 1.91. The van der Waals surface area contributed by atoms with Crippen LogP contribution in [0.3, 0.4) is 0 Å². The number of rotatable bonds is 2. The quantitative estimate of drug-likeness (QED) is 0.651. The monoisotopic (exact) mass is 155 g/mol. The Hall–Kier alpha value is -0.0400. The number of nitrogens with two attached hydrogens (primary N) is 1. The molecule has 66 valence electrons. The van der Waals surface area contributed by atoms with Crippen molar-refractivity contribution < 1.29 is 0 Å². The molecule has 0 spiro atoms. The normalized spacial score (nSPS) is 31.6. The Bertz CT molecular complexity index is 117. The predicted octanol–water partition coefficient (Wildman–Crippen LogP) is 2.41. The topological polar surface area (TPSA) is 26.0 Å².